The second-order valence-electron chi connectivity index (χ2n) is 19.6. The predicted octanol–water partition coefficient (Wildman–Crippen LogP) is -16.3. The van der Waals surface area contributed by atoms with Gasteiger partial charge in [-0.05, 0) is 0 Å². The van der Waals surface area contributed by atoms with Crippen LogP contribution < -0.4 is 0 Å². The Morgan fingerprint density at radius 3 is 0.769 bits per heavy atom. The molecule has 23 N–H and O–H groups in total. The lowest BCUT2D eigenvalue weighted by Gasteiger charge is -2.49. The molecule has 0 bridgehead atoms. The quantitative estimate of drug-likeness (QED) is 0.0571. The first-order valence-electron chi connectivity index (χ1n) is 24.7. The summed E-state index contributed by atoms with van der Waals surface area (Å²) in [4.78, 5) is 0. The molecule has 1 unspecified atom stereocenters. The maximum atomic E-state index is 11.6. The molecule has 0 aromatic rings. The molecule has 36 nitrogen and oxygen atoms in total. The molecule has 7 heterocycles. The van der Waals surface area contributed by atoms with Crippen molar-refractivity contribution >= 4 is 0 Å². The monoisotopic (exact) mass is 1150 g/mol. The highest BCUT2D eigenvalue weighted by Crippen LogP contribution is 2.37. The van der Waals surface area contributed by atoms with Crippen molar-refractivity contribution in [2.24, 2.45) is 0 Å². The molecular formula is C42H72O36. The third-order valence-corrected chi connectivity index (χ3v) is 14.5. The molecule has 78 heavy (non-hydrogen) atoms. The van der Waals surface area contributed by atoms with Gasteiger partial charge in [-0.3, -0.25) is 0 Å². The van der Waals surface area contributed by atoms with E-state index in [-0.39, 0.29) is 0 Å². The van der Waals surface area contributed by atoms with E-state index in [0.717, 1.165) is 0 Å². The fraction of sp³-hybridized carbons (Fsp3) is 1.00. The molecule has 0 radical (unpaired) electrons. The minimum atomic E-state index is -2.28. The van der Waals surface area contributed by atoms with E-state index in [2.05, 4.69) is 0 Å². The maximum Gasteiger partial charge on any atom is 0.187 e. The summed E-state index contributed by atoms with van der Waals surface area (Å²) in [5, 5.41) is 243. The van der Waals surface area contributed by atoms with Gasteiger partial charge in [0.05, 0.1) is 46.2 Å². The summed E-state index contributed by atoms with van der Waals surface area (Å²) in [6.45, 7) is -6.82. The van der Waals surface area contributed by atoms with Crippen LogP contribution in [0, 0.1) is 0 Å². The van der Waals surface area contributed by atoms with Crippen molar-refractivity contribution in [3.8, 4) is 0 Å². The Morgan fingerprint density at radius 1 is 0.218 bits per heavy atom. The fourth-order valence-corrected chi connectivity index (χ4v) is 9.90. The Kier molecular flexibility index (Phi) is 22.6. The van der Waals surface area contributed by atoms with E-state index in [1.165, 1.54) is 0 Å². The standard InChI is InChI=1S/C42H72O36/c43-1-8-15(49)17(51)25(59)38(68-8)75-33-12(5-47)72-41(29(63)21(33)55)76-32-11(4-46)70-37(27(61)20(32)54)66-7-14-35(78-39-26(60)18(52)16(50)9(2-44)69-39)23(57)30(64)42(73-14)77-34-13(6-48)71-40(28(62)22(34)56)74-31-10(3-45)67-36(65)24(58)19(31)53/h8-65H,1-7H2/t8-,9-,10-,11-,12-,13-,14-,15-,16-,17+,18+,19-,20-,21-,22-,23-,24-,25-,26-,27-,28-,29-,30-,31-,32-,33-,34-,35-,36?,37+,38-,39-,40-,41-,42-/m1/s1. The van der Waals surface area contributed by atoms with Crippen LogP contribution in [0.5, 0.6) is 0 Å². The van der Waals surface area contributed by atoms with E-state index in [0.29, 0.717) is 0 Å². The van der Waals surface area contributed by atoms with Gasteiger partial charge in [0.1, 0.15) is 171 Å². The predicted molar refractivity (Wildman–Crippen MR) is 232 cm³/mol. The average Bonchev–Trinajstić information content (AvgIpc) is 3.53. The second kappa shape index (κ2) is 27.5. The Labute approximate surface area is 439 Å². The van der Waals surface area contributed by atoms with Crippen LogP contribution in [0.3, 0.4) is 0 Å². The molecular weight excluding hydrogens is 1080 g/mol. The number of aliphatic hydroxyl groups excluding tert-OH is 23. The van der Waals surface area contributed by atoms with E-state index >= 15 is 0 Å². The summed E-state index contributed by atoms with van der Waals surface area (Å²) in [6, 6.07) is 0. The topological polar surface area (TPSA) is 585 Å². The third-order valence-electron chi connectivity index (χ3n) is 14.5. The molecule has 7 rings (SSSR count). The van der Waals surface area contributed by atoms with Crippen LogP contribution in [0.1, 0.15) is 0 Å². The molecule has 35 atom stereocenters. The molecule has 0 aromatic heterocycles. The summed E-state index contributed by atoms with van der Waals surface area (Å²) >= 11 is 0. The minimum absolute atomic E-state index is 0.854. The molecule has 7 fully saturated rings. The molecule has 7 aliphatic heterocycles. The normalized spacial score (nSPS) is 53.5. The zero-order valence-corrected chi connectivity index (χ0v) is 40.8. The van der Waals surface area contributed by atoms with Gasteiger partial charge in [-0.2, -0.15) is 0 Å². The summed E-state index contributed by atoms with van der Waals surface area (Å²) < 4.78 is 72.5. The van der Waals surface area contributed by atoms with Crippen LogP contribution >= 0.6 is 0 Å². The minimum Gasteiger partial charge on any atom is -0.394 e. The Bertz CT molecular complexity index is 1810. The van der Waals surface area contributed by atoms with Crippen molar-refractivity contribution < 1.29 is 179 Å². The number of ether oxygens (including phenoxy) is 13. The van der Waals surface area contributed by atoms with Crippen molar-refractivity contribution in [3.63, 3.8) is 0 Å². The van der Waals surface area contributed by atoms with Gasteiger partial charge in [-0.25, -0.2) is 0 Å². The fourth-order valence-electron chi connectivity index (χ4n) is 9.90. The van der Waals surface area contributed by atoms with Crippen LogP contribution in [0.25, 0.3) is 0 Å². The van der Waals surface area contributed by atoms with Crippen LogP contribution in [0.15, 0.2) is 0 Å². The van der Waals surface area contributed by atoms with Gasteiger partial charge >= 0.3 is 0 Å². The van der Waals surface area contributed by atoms with E-state index < -0.39 is 261 Å². The van der Waals surface area contributed by atoms with Crippen LogP contribution in [0.4, 0.5) is 0 Å². The van der Waals surface area contributed by atoms with Crippen molar-refractivity contribution in [1.82, 2.24) is 0 Å². The molecule has 7 aliphatic rings. The maximum absolute atomic E-state index is 11.6. The van der Waals surface area contributed by atoms with Crippen LogP contribution in [0.2, 0.25) is 0 Å². The first-order valence-corrected chi connectivity index (χ1v) is 24.7. The molecule has 0 amide bonds. The van der Waals surface area contributed by atoms with E-state index in [4.69, 9.17) is 61.6 Å². The van der Waals surface area contributed by atoms with Gasteiger partial charge < -0.3 is 179 Å². The van der Waals surface area contributed by atoms with Crippen molar-refractivity contribution in [3.05, 3.63) is 0 Å². The van der Waals surface area contributed by atoms with Gasteiger partial charge in [-0.15, -0.1) is 0 Å². The third kappa shape index (κ3) is 13.1. The molecule has 36 heteroatoms. The lowest BCUT2D eigenvalue weighted by atomic mass is 9.95. The van der Waals surface area contributed by atoms with Gasteiger partial charge in [-0.1, -0.05) is 0 Å². The zero-order valence-electron chi connectivity index (χ0n) is 40.8. The number of rotatable bonds is 19. The SMILES string of the molecule is OC[C@H]1O[C@H](O[C@H]2[C@H](O)[C@@H](O)[C@@H](O[C@H]3[C@H](O)[C@@H](O)[C@@H](OC[C@H]4O[C@H](O[C@H]5[C@H](O)[C@@H](O)[C@@H](O[C@H]6[C@H](O)[C@@H](O)C(O)O[C@@H]6CO)O[C@@H]5CO)[C@H](O)[C@@H](O)[C@@H]4O[C@H]4O[C@H](CO)[C@@H](O)[C@H](O)[C@H]4O)O[C@@H]3CO)O[C@@H]2CO)[C@H](O)[C@@H](O)[C@@H]1O. The molecule has 7 saturated heterocycles. The van der Waals surface area contributed by atoms with Crippen molar-refractivity contribution in [2.75, 3.05) is 46.2 Å². The Hall–Kier alpha value is -1.44. The Balaban J connectivity index is 1.05. The van der Waals surface area contributed by atoms with Gasteiger partial charge in [0.15, 0.2) is 44.0 Å². The smallest absolute Gasteiger partial charge is 0.187 e. The van der Waals surface area contributed by atoms with Crippen LogP contribution in [-0.4, -0.2) is 379 Å². The van der Waals surface area contributed by atoms with Gasteiger partial charge in [0.2, 0.25) is 0 Å². The summed E-state index contributed by atoms with van der Waals surface area (Å²) in [5.74, 6) is 0. The number of hydrogen-bond donors (Lipinski definition) is 23. The lowest BCUT2D eigenvalue weighted by Crippen LogP contribution is -2.68. The van der Waals surface area contributed by atoms with Crippen molar-refractivity contribution in [1.29, 1.82) is 0 Å². The molecule has 456 valence electrons. The molecule has 0 aliphatic carbocycles. The summed E-state index contributed by atoms with van der Waals surface area (Å²) in [5.41, 5.74) is 0. The summed E-state index contributed by atoms with van der Waals surface area (Å²) in [7, 11) is 0. The highest BCUT2D eigenvalue weighted by molar-refractivity contribution is 5.00. The largest absolute Gasteiger partial charge is 0.394 e. The summed E-state index contributed by atoms with van der Waals surface area (Å²) in [6.07, 6.45) is -68.3. The first-order chi connectivity index (χ1) is 37.0. The second-order valence-corrected chi connectivity index (χ2v) is 19.6. The molecule has 0 aromatic carbocycles. The van der Waals surface area contributed by atoms with Gasteiger partial charge in [0.25, 0.3) is 0 Å². The van der Waals surface area contributed by atoms with Crippen molar-refractivity contribution in [2.45, 2.75) is 215 Å². The average molecular weight is 1150 g/mol. The lowest BCUT2D eigenvalue weighted by molar-refractivity contribution is -0.394. The van der Waals surface area contributed by atoms with Gasteiger partial charge in [0, 0.05) is 0 Å². The van der Waals surface area contributed by atoms with E-state index in [1.807, 2.05) is 0 Å². The van der Waals surface area contributed by atoms with E-state index in [9.17, 15) is 117 Å². The number of hydrogen-bond acceptors (Lipinski definition) is 36. The first kappa shape index (κ1) is 64.1. The van der Waals surface area contributed by atoms with E-state index in [1.54, 1.807) is 0 Å². The number of aliphatic hydroxyl groups is 23. The van der Waals surface area contributed by atoms with Crippen LogP contribution in [-0.2, 0) is 61.6 Å². The molecule has 0 saturated carbocycles. The highest BCUT2D eigenvalue weighted by Gasteiger charge is 2.58. The zero-order chi connectivity index (χ0) is 57.3. The highest BCUT2D eigenvalue weighted by atomic mass is 16.8. The Morgan fingerprint density at radius 2 is 0.449 bits per heavy atom. The molecule has 0 spiro atoms.